The average Bonchev–Trinajstić information content (AvgIpc) is 3.80. The Bertz CT molecular complexity index is 3560. The lowest BCUT2D eigenvalue weighted by Gasteiger charge is -2.12. The molecule has 0 aliphatic carbocycles. The number of fused-ring (bicyclic) bond motifs is 12. The van der Waals surface area contributed by atoms with Crippen LogP contribution in [0.15, 0.2) is 197 Å². The smallest absolute Gasteiger partial charge is 0.136 e. The van der Waals surface area contributed by atoms with Crippen LogP contribution < -0.4 is 0 Å². The fourth-order valence-corrected chi connectivity index (χ4v) is 10.5. The Hall–Kier alpha value is -7.07. The van der Waals surface area contributed by atoms with Crippen LogP contribution in [0.25, 0.3) is 96.8 Å². The van der Waals surface area contributed by atoms with Crippen molar-refractivity contribution in [3.05, 3.63) is 204 Å². The SMILES string of the molecule is CC1=C(c2ccccc2)N=C(c2cccc3c2sc2ccccc23)CC=C1c1ccc2c(c1)oc1ccc(-c3ccc4c5ccccc5c5ccccc5c4c3)cc12. The van der Waals surface area contributed by atoms with Crippen molar-refractivity contribution in [2.75, 3.05) is 0 Å². The number of aliphatic imine (C=N–C) groups is 1. The molecule has 1 aliphatic heterocycles. The topological polar surface area (TPSA) is 25.5 Å². The van der Waals surface area contributed by atoms with Crippen molar-refractivity contribution in [1.82, 2.24) is 0 Å². The van der Waals surface area contributed by atoms with E-state index in [2.05, 4.69) is 189 Å². The highest BCUT2D eigenvalue weighted by Crippen LogP contribution is 2.42. The molecule has 0 saturated carbocycles. The summed E-state index contributed by atoms with van der Waals surface area (Å²) in [5, 5.41) is 12.5. The summed E-state index contributed by atoms with van der Waals surface area (Å²) in [6.45, 7) is 2.21. The van der Waals surface area contributed by atoms with E-state index in [1.54, 1.807) is 0 Å². The first-order chi connectivity index (χ1) is 28.7. The van der Waals surface area contributed by atoms with Crippen LogP contribution in [-0.2, 0) is 0 Å². The zero-order valence-corrected chi connectivity index (χ0v) is 32.6. The number of furan rings is 1. The molecule has 3 heterocycles. The van der Waals surface area contributed by atoms with Crippen molar-refractivity contribution in [3.8, 4) is 11.1 Å². The van der Waals surface area contributed by atoms with Crippen molar-refractivity contribution in [2.24, 2.45) is 4.99 Å². The van der Waals surface area contributed by atoms with Crippen molar-refractivity contribution in [3.63, 3.8) is 0 Å². The van der Waals surface area contributed by atoms with Crippen LogP contribution in [0.3, 0.4) is 0 Å². The Morgan fingerprint density at radius 2 is 1.05 bits per heavy atom. The third-order valence-corrected chi connectivity index (χ3v) is 13.3. The number of nitrogens with zero attached hydrogens (tertiary/aromatic N) is 1. The van der Waals surface area contributed by atoms with E-state index in [4.69, 9.17) is 9.41 Å². The first-order valence-electron chi connectivity index (χ1n) is 19.9. The molecule has 3 heteroatoms. The van der Waals surface area contributed by atoms with Gasteiger partial charge in [0.05, 0.1) is 11.4 Å². The minimum atomic E-state index is 0.717. The lowest BCUT2D eigenvalue weighted by atomic mass is 9.91. The number of hydrogen-bond donors (Lipinski definition) is 0. The average molecular weight is 758 g/mol. The van der Waals surface area contributed by atoms with Crippen molar-refractivity contribution < 1.29 is 4.42 Å². The van der Waals surface area contributed by atoms with E-state index in [0.717, 1.165) is 50.0 Å². The molecule has 12 rings (SSSR count). The van der Waals surface area contributed by atoms with Crippen LogP contribution in [-0.4, -0.2) is 5.71 Å². The minimum absolute atomic E-state index is 0.717. The molecule has 272 valence electrons. The van der Waals surface area contributed by atoms with Crippen LogP contribution in [0.4, 0.5) is 0 Å². The zero-order chi connectivity index (χ0) is 38.3. The quantitative estimate of drug-likeness (QED) is 0.164. The molecule has 11 aromatic rings. The number of allylic oxidation sites excluding steroid dienone is 3. The Morgan fingerprint density at radius 3 is 1.83 bits per heavy atom. The first-order valence-corrected chi connectivity index (χ1v) is 20.7. The van der Waals surface area contributed by atoms with Crippen molar-refractivity contribution in [1.29, 1.82) is 0 Å². The standard InChI is InChI=1S/C55H35NOS/c1-33-38(27-28-50(56-54(33)34-12-3-2-4-13-34)47-20-11-19-46-45-18-9-10-21-53(45)58-55(46)47)37-23-26-44-49-31-36(24-29-51(49)57-52(44)32-37)35-22-25-43-41-16-6-5-14-39(41)40-15-7-8-17-42(40)48(43)30-35/h2-27,29-32H,28H2,1H3. The van der Waals surface area contributed by atoms with Gasteiger partial charge in [0.2, 0.25) is 0 Å². The van der Waals surface area contributed by atoms with Crippen molar-refractivity contribution >= 4 is 103 Å². The highest BCUT2D eigenvalue weighted by molar-refractivity contribution is 7.26. The van der Waals surface area contributed by atoms with Gasteiger partial charge in [-0.3, -0.25) is 4.99 Å². The molecular weight excluding hydrogens is 723 g/mol. The van der Waals surface area contributed by atoms with Gasteiger partial charge in [-0.2, -0.15) is 0 Å². The Balaban J connectivity index is 0.964. The van der Waals surface area contributed by atoms with E-state index in [9.17, 15) is 0 Å². The fourth-order valence-electron chi connectivity index (χ4n) is 9.31. The Kier molecular flexibility index (Phi) is 7.41. The van der Waals surface area contributed by atoms with Crippen LogP contribution in [0.5, 0.6) is 0 Å². The first kappa shape index (κ1) is 33.1. The van der Waals surface area contributed by atoms with E-state index in [-0.39, 0.29) is 0 Å². The molecule has 0 N–H and O–H groups in total. The molecule has 9 aromatic carbocycles. The van der Waals surface area contributed by atoms with E-state index in [1.807, 2.05) is 11.3 Å². The third kappa shape index (κ3) is 5.14. The van der Waals surface area contributed by atoms with Crippen LogP contribution in [0, 0.1) is 0 Å². The molecule has 0 amide bonds. The van der Waals surface area contributed by atoms with Crippen molar-refractivity contribution in [2.45, 2.75) is 13.3 Å². The number of benzene rings is 9. The molecule has 2 aromatic heterocycles. The Morgan fingerprint density at radius 1 is 0.448 bits per heavy atom. The number of hydrogen-bond acceptors (Lipinski definition) is 3. The summed E-state index contributed by atoms with van der Waals surface area (Å²) >= 11 is 1.86. The van der Waals surface area contributed by atoms with E-state index < -0.39 is 0 Å². The molecule has 2 nitrogen and oxygen atoms in total. The second kappa shape index (κ2) is 13.0. The van der Waals surface area contributed by atoms with Crippen LogP contribution in [0.1, 0.15) is 30.0 Å². The maximum Gasteiger partial charge on any atom is 0.136 e. The molecule has 0 radical (unpaired) electrons. The predicted octanol–water partition coefficient (Wildman–Crippen LogP) is 15.8. The van der Waals surface area contributed by atoms with Gasteiger partial charge in [-0.25, -0.2) is 0 Å². The van der Waals surface area contributed by atoms with Gasteiger partial charge in [0.25, 0.3) is 0 Å². The van der Waals surface area contributed by atoms with Gasteiger partial charge in [-0.05, 0) is 103 Å². The summed E-state index contributed by atoms with van der Waals surface area (Å²) in [5.41, 5.74) is 12.0. The van der Waals surface area contributed by atoms with Crippen LogP contribution in [0.2, 0.25) is 0 Å². The molecule has 58 heavy (non-hydrogen) atoms. The summed E-state index contributed by atoms with van der Waals surface area (Å²) in [7, 11) is 0. The molecular formula is C55H35NOS. The maximum atomic E-state index is 6.63. The van der Waals surface area contributed by atoms with Gasteiger partial charge < -0.3 is 4.42 Å². The van der Waals surface area contributed by atoms with Gasteiger partial charge in [0.15, 0.2) is 0 Å². The normalized spacial score (nSPS) is 13.7. The molecule has 0 spiro atoms. The lowest BCUT2D eigenvalue weighted by Crippen LogP contribution is -2.00. The molecule has 0 bridgehead atoms. The molecule has 0 unspecified atom stereocenters. The van der Waals surface area contributed by atoms with Gasteiger partial charge >= 0.3 is 0 Å². The molecule has 0 saturated heterocycles. The maximum absolute atomic E-state index is 6.63. The Labute approximate surface area is 339 Å². The molecule has 0 atom stereocenters. The summed E-state index contributed by atoms with van der Waals surface area (Å²) in [4.78, 5) is 5.51. The van der Waals surface area contributed by atoms with E-state index in [1.165, 1.54) is 74.8 Å². The summed E-state index contributed by atoms with van der Waals surface area (Å²) in [6.07, 6.45) is 3.08. The predicted molar refractivity (Wildman–Crippen MR) is 249 cm³/mol. The van der Waals surface area contributed by atoms with E-state index >= 15 is 0 Å². The summed E-state index contributed by atoms with van der Waals surface area (Å²) in [5.74, 6) is 0. The largest absolute Gasteiger partial charge is 0.456 e. The number of thiophene rings is 1. The fraction of sp³-hybridized carbons (Fsp3) is 0.0364. The van der Waals surface area contributed by atoms with Gasteiger partial charge in [0, 0.05) is 48.5 Å². The highest BCUT2D eigenvalue weighted by Gasteiger charge is 2.21. The summed E-state index contributed by atoms with van der Waals surface area (Å²) < 4.78 is 9.22. The molecule has 0 fully saturated rings. The second-order valence-electron chi connectivity index (χ2n) is 15.4. The lowest BCUT2D eigenvalue weighted by molar-refractivity contribution is 0.669. The van der Waals surface area contributed by atoms with Gasteiger partial charge in [-0.15, -0.1) is 11.3 Å². The number of rotatable bonds is 4. The summed E-state index contributed by atoms with van der Waals surface area (Å²) in [6, 6.07) is 63.7. The second-order valence-corrected chi connectivity index (χ2v) is 16.4. The third-order valence-electron chi connectivity index (χ3n) is 12.1. The van der Waals surface area contributed by atoms with E-state index in [0.29, 0.717) is 6.42 Å². The van der Waals surface area contributed by atoms with Crippen LogP contribution >= 0.6 is 11.3 Å². The highest BCUT2D eigenvalue weighted by atomic mass is 32.1. The zero-order valence-electron chi connectivity index (χ0n) is 31.8. The monoisotopic (exact) mass is 757 g/mol. The molecule has 1 aliphatic rings. The van der Waals surface area contributed by atoms with Gasteiger partial charge in [-0.1, -0.05) is 146 Å². The van der Waals surface area contributed by atoms with Gasteiger partial charge in [0.1, 0.15) is 11.2 Å². The minimum Gasteiger partial charge on any atom is -0.456 e.